The number of halogens is 1. The summed E-state index contributed by atoms with van der Waals surface area (Å²) < 4.78 is 21.4. The van der Waals surface area contributed by atoms with Crippen LogP contribution in [0.5, 0.6) is 5.75 Å². The Labute approximate surface area is 138 Å². The highest BCUT2D eigenvalue weighted by Gasteiger charge is 2.27. The third-order valence-electron chi connectivity index (χ3n) is 2.57. The zero-order valence-electron chi connectivity index (χ0n) is 12.1. The van der Waals surface area contributed by atoms with Gasteiger partial charge < -0.3 is 9.05 Å². The van der Waals surface area contributed by atoms with E-state index in [1.54, 1.807) is 30.3 Å². The zero-order chi connectivity index (χ0) is 16.5. The molecule has 1 N–H and O–H groups in total. The molecule has 23 heavy (non-hydrogen) atoms. The molecule has 2 aromatic rings. The minimum atomic E-state index is -4.05. The Morgan fingerprint density at radius 2 is 1.65 bits per heavy atom. The van der Waals surface area contributed by atoms with Crippen LogP contribution in [0.15, 0.2) is 60.7 Å². The van der Waals surface area contributed by atoms with Gasteiger partial charge in [-0.3, -0.25) is 9.63 Å². The van der Waals surface area contributed by atoms with Gasteiger partial charge in [-0.2, -0.15) is 5.48 Å². The number of hydroxylamine groups is 1. The van der Waals surface area contributed by atoms with Gasteiger partial charge in [0.25, 0.3) is 0 Å². The van der Waals surface area contributed by atoms with E-state index in [9.17, 15) is 9.36 Å². The highest BCUT2D eigenvalue weighted by molar-refractivity contribution is 7.82. The topological polar surface area (TPSA) is 73.9 Å². The Morgan fingerprint density at radius 1 is 1.04 bits per heavy atom. The molecule has 0 spiro atoms. The van der Waals surface area contributed by atoms with Crippen LogP contribution < -0.4 is 10.0 Å². The van der Waals surface area contributed by atoms with E-state index in [0.29, 0.717) is 0 Å². The molecule has 0 aromatic heterocycles. The van der Waals surface area contributed by atoms with Crippen molar-refractivity contribution in [1.82, 2.24) is 5.48 Å². The molecule has 1 unspecified atom stereocenters. The SMILES string of the molecule is O=C(CNOCc1ccccc1)OP(=O)(Cl)Oc1ccccc1. The zero-order valence-corrected chi connectivity index (χ0v) is 13.7. The Morgan fingerprint density at radius 3 is 2.30 bits per heavy atom. The summed E-state index contributed by atoms with van der Waals surface area (Å²) in [6.07, 6.45) is 0. The van der Waals surface area contributed by atoms with Crippen LogP contribution in [0, 0.1) is 0 Å². The first-order valence-electron chi connectivity index (χ1n) is 6.70. The highest BCUT2D eigenvalue weighted by Crippen LogP contribution is 2.53. The molecule has 122 valence electrons. The molecule has 0 aliphatic rings. The summed E-state index contributed by atoms with van der Waals surface area (Å²) in [5.74, 6) is -0.612. The first-order chi connectivity index (χ1) is 11.1. The van der Waals surface area contributed by atoms with Crippen LogP contribution in [0.4, 0.5) is 0 Å². The molecule has 2 rings (SSSR count). The monoisotopic (exact) mass is 355 g/mol. The van der Waals surface area contributed by atoms with E-state index in [1.807, 2.05) is 30.3 Å². The molecular formula is C15H15ClNO5P. The number of hydrogen-bond acceptors (Lipinski definition) is 6. The number of hydrogen-bond donors (Lipinski definition) is 1. The summed E-state index contributed by atoms with van der Waals surface area (Å²) in [4.78, 5) is 16.7. The minimum Gasteiger partial charge on any atom is -0.405 e. The molecule has 0 amide bonds. The molecule has 0 heterocycles. The maximum absolute atomic E-state index is 11.9. The Balaban J connectivity index is 1.70. The lowest BCUT2D eigenvalue weighted by Crippen LogP contribution is -2.24. The van der Waals surface area contributed by atoms with Crippen molar-refractivity contribution in [3.63, 3.8) is 0 Å². The lowest BCUT2D eigenvalue weighted by Gasteiger charge is -2.12. The lowest BCUT2D eigenvalue weighted by molar-refractivity contribution is -0.136. The second-order valence-electron chi connectivity index (χ2n) is 4.39. The van der Waals surface area contributed by atoms with Gasteiger partial charge in [0, 0.05) is 11.2 Å². The van der Waals surface area contributed by atoms with Crippen molar-refractivity contribution in [3.05, 3.63) is 66.2 Å². The first-order valence-corrected chi connectivity index (χ1v) is 9.15. The molecule has 1 atom stereocenters. The van der Waals surface area contributed by atoms with Crippen LogP contribution in [0.1, 0.15) is 5.56 Å². The fourth-order valence-corrected chi connectivity index (χ4v) is 2.79. The van der Waals surface area contributed by atoms with Crippen molar-refractivity contribution < 1.29 is 23.2 Å². The minimum absolute atomic E-state index is 0.243. The van der Waals surface area contributed by atoms with Gasteiger partial charge in [-0.25, -0.2) is 4.57 Å². The van der Waals surface area contributed by atoms with E-state index in [-0.39, 0.29) is 18.9 Å². The van der Waals surface area contributed by atoms with Crippen molar-refractivity contribution >= 4 is 24.2 Å². The molecule has 0 aliphatic heterocycles. The Kier molecular flexibility index (Phi) is 6.62. The molecule has 8 heteroatoms. The third kappa shape index (κ3) is 6.84. The summed E-state index contributed by atoms with van der Waals surface area (Å²) in [5.41, 5.74) is 3.34. The maximum Gasteiger partial charge on any atom is 0.532 e. The molecule has 2 aromatic carbocycles. The van der Waals surface area contributed by atoms with Crippen molar-refractivity contribution in [1.29, 1.82) is 0 Å². The average molecular weight is 356 g/mol. The Bertz CT molecular complexity index is 668. The number of rotatable bonds is 8. The predicted molar refractivity (Wildman–Crippen MR) is 85.9 cm³/mol. The van der Waals surface area contributed by atoms with E-state index < -0.39 is 12.9 Å². The van der Waals surface area contributed by atoms with Crippen LogP contribution in [0.25, 0.3) is 0 Å². The van der Waals surface area contributed by atoms with E-state index >= 15 is 0 Å². The summed E-state index contributed by atoms with van der Waals surface area (Å²) in [5, 5.41) is 0. The molecular weight excluding hydrogens is 341 g/mol. The second kappa shape index (κ2) is 8.70. The number of para-hydroxylation sites is 1. The number of nitrogens with one attached hydrogen (secondary N) is 1. The van der Waals surface area contributed by atoms with Crippen molar-refractivity contribution in [2.75, 3.05) is 6.54 Å². The van der Waals surface area contributed by atoms with Gasteiger partial charge in [-0.15, -0.1) is 0 Å². The third-order valence-corrected chi connectivity index (χ3v) is 3.83. The van der Waals surface area contributed by atoms with Crippen LogP contribution in [-0.2, 0) is 25.3 Å². The smallest absolute Gasteiger partial charge is 0.405 e. The van der Waals surface area contributed by atoms with Gasteiger partial charge >= 0.3 is 12.9 Å². The van der Waals surface area contributed by atoms with Gasteiger partial charge in [0.15, 0.2) is 0 Å². The van der Waals surface area contributed by atoms with Crippen LogP contribution >= 0.6 is 18.2 Å². The molecule has 6 nitrogen and oxygen atoms in total. The van der Waals surface area contributed by atoms with Gasteiger partial charge in [-0.1, -0.05) is 48.5 Å². The highest BCUT2D eigenvalue weighted by atomic mass is 35.7. The average Bonchev–Trinajstić information content (AvgIpc) is 2.52. The molecule has 0 fully saturated rings. The molecule has 0 saturated carbocycles. The number of carbonyl (C=O) groups is 1. The summed E-state index contributed by atoms with van der Waals surface area (Å²) in [6, 6.07) is 17.6. The predicted octanol–water partition coefficient (Wildman–Crippen LogP) is 3.68. The second-order valence-corrected chi connectivity index (χ2v) is 6.86. The van der Waals surface area contributed by atoms with Gasteiger partial charge in [0.2, 0.25) is 0 Å². The fourth-order valence-electron chi connectivity index (χ4n) is 1.60. The van der Waals surface area contributed by atoms with E-state index in [0.717, 1.165) is 5.56 Å². The summed E-state index contributed by atoms with van der Waals surface area (Å²) >= 11 is 5.60. The molecule has 0 bridgehead atoms. The van der Waals surface area contributed by atoms with Crippen molar-refractivity contribution in [2.24, 2.45) is 0 Å². The maximum atomic E-state index is 11.9. The molecule has 0 aliphatic carbocycles. The van der Waals surface area contributed by atoms with Crippen LogP contribution in [-0.4, -0.2) is 12.5 Å². The van der Waals surface area contributed by atoms with E-state index in [4.69, 9.17) is 20.6 Å². The standard InChI is InChI=1S/C15H15ClNO5P/c16-23(19,21-14-9-5-2-6-10-14)22-15(18)11-17-20-12-13-7-3-1-4-8-13/h1-10,17H,11-12H2. The quantitative estimate of drug-likeness (QED) is 0.442. The number of benzene rings is 2. The van der Waals surface area contributed by atoms with Crippen molar-refractivity contribution in [3.8, 4) is 5.75 Å². The van der Waals surface area contributed by atoms with Gasteiger partial charge in [0.05, 0.1) is 6.61 Å². The first kappa shape index (κ1) is 17.5. The van der Waals surface area contributed by atoms with Crippen LogP contribution in [0.3, 0.4) is 0 Å². The summed E-state index contributed by atoms with van der Waals surface area (Å²) in [6.45, 7) is -4.10. The van der Waals surface area contributed by atoms with Gasteiger partial charge in [0.1, 0.15) is 12.3 Å². The van der Waals surface area contributed by atoms with Crippen LogP contribution in [0.2, 0.25) is 0 Å². The fraction of sp³-hybridized carbons (Fsp3) is 0.133. The summed E-state index contributed by atoms with van der Waals surface area (Å²) in [7, 11) is 0. The Hall–Kier alpha value is -1.85. The number of carbonyl (C=O) groups excluding carboxylic acids is 1. The van der Waals surface area contributed by atoms with E-state index in [1.165, 1.54) is 0 Å². The largest absolute Gasteiger partial charge is 0.532 e. The van der Waals surface area contributed by atoms with E-state index in [2.05, 4.69) is 10.0 Å². The molecule has 0 radical (unpaired) electrons. The van der Waals surface area contributed by atoms with Crippen molar-refractivity contribution in [2.45, 2.75) is 6.61 Å². The normalized spacial score (nSPS) is 13.1. The lowest BCUT2D eigenvalue weighted by atomic mass is 10.2. The van der Waals surface area contributed by atoms with Gasteiger partial charge in [-0.05, 0) is 17.7 Å². The molecule has 0 saturated heterocycles.